The molecular formula is C15H19FN2O2. The number of aliphatic hydroxyl groups excluding tert-OH is 1. The second-order valence-electron chi connectivity index (χ2n) is 5.52. The molecule has 2 amide bonds. The SMILES string of the molecule is O=C(NC1CCc2c(F)cccc21)N1CCCC1CO. The molecule has 1 saturated heterocycles. The Morgan fingerprint density at radius 3 is 3.10 bits per heavy atom. The molecule has 20 heavy (non-hydrogen) atoms. The number of benzene rings is 1. The van der Waals surface area contributed by atoms with Crippen molar-refractivity contribution in [2.45, 2.75) is 37.8 Å². The summed E-state index contributed by atoms with van der Waals surface area (Å²) in [5, 5.41) is 12.2. The number of carbonyl (C=O) groups excluding carboxylic acids is 1. The summed E-state index contributed by atoms with van der Waals surface area (Å²) >= 11 is 0. The van der Waals surface area contributed by atoms with E-state index in [-0.39, 0.29) is 30.5 Å². The first kappa shape index (κ1) is 13.4. The van der Waals surface area contributed by atoms with Gasteiger partial charge in [0.25, 0.3) is 0 Å². The van der Waals surface area contributed by atoms with Crippen LogP contribution >= 0.6 is 0 Å². The number of amides is 2. The molecule has 2 atom stereocenters. The van der Waals surface area contributed by atoms with E-state index in [1.54, 1.807) is 11.0 Å². The average Bonchev–Trinajstić information content (AvgIpc) is 3.06. The lowest BCUT2D eigenvalue weighted by atomic mass is 10.1. The predicted molar refractivity (Wildman–Crippen MR) is 72.8 cm³/mol. The van der Waals surface area contributed by atoms with Crippen LogP contribution in [0.1, 0.15) is 36.4 Å². The van der Waals surface area contributed by atoms with E-state index >= 15 is 0 Å². The monoisotopic (exact) mass is 278 g/mol. The van der Waals surface area contributed by atoms with E-state index in [1.807, 2.05) is 6.07 Å². The Morgan fingerprint density at radius 1 is 1.45 bits per heavy atom. The van der Waals surface area contributed by atoms with Crippen LogP contribution in [0.15, 0.2) is 18.2 Å². The van der Waals surface area contributed by atoms with Crippen molar-refractivity contribution >= 4 is 6.03 Å². The van der Waals surface area contributed by atoms with Crippen molar-refractivity contribution in [2.24, 2.45) is 0 Å². The molecule has 1 fully saturated rings. The molecule has 2 N–H and O–H groups in total. The number of likely N-dealkylation sites (tertiary alicyclic amines) is 1. The van der Waals surface area contributed by atoms with Crippen molar-refractivity contribution in [1.82, 2.24) is 10.2 Å². The number of rotatable bonds is 2. The number of hydrogen-bond donors (Lipinski definition) is 2. The van der Waals surface area contributed by atoms with Gasteiger partial charge >= 0.3 is 6.03 Å². The maximum absolute atomic E-state index is 13.7. The Bertz CT molecular complexity index is 521. The Hall–Kier alpha value is -1.62. The molecule has 4 nitrogen and oxygen atoms in total. The summed E-state index contributed by atoms with van der Waals surface area (Å²) in [5.41, 5.74) is 1.61. The van der Waals surface area contributed by atoms with Crippen LogP contribution in [0.2, 0.25) is 0 Å². The minimum absolute atomic E-state index is 0.00328. The first-order chi connectivity index (χ1) is 9.70. The Morgan fingerprint density at radius 2 is 2.30 bits per heavy atom. The molecular weight excluding hydrogens is 259 g/mol. The van der Waals surface area contributed by atoms with Gasteiger partial charge in [0.1, 0.15) is 5.82 Å². The van der Waals surface area contributed by atoms with Gasteiger partial charge in [-0.1, -0.05) is 12.1 Å². The number of halogens is 1. The van der Waals surface area contributed by atoms with Crippen LogP contribution in [0, 0.1) is 5.82 Å². The molecule has 0 bridgehead atoms. The molecule has 1 aliphatic heterocycles. The van der Waals surface area contributed by atoms with Crippen LogP contribution in [0.4, 0.5) is 9.18 Å². The standard InChI is InChI=1S/C15H19FN2O2/c16-13-5-1-4-12-11(13)6-7-14(12)17-15(20)18-8-2-3-10(18)9-19/h1,4-5,10,14,19H,2-3,6-9H2,(H,17,20). The predicted octanol–water partition coefficient (Wildman–Crippen LogP) is 1.98. The normalized spacial score (nSPS) is 24.8. The van der Waals surface area contributed by atoms with Gasteiger partial charge in [-0.25, -0.2) is 9.18 Å². The van der Waals surface area contributed by atoms with Gasteiger partial charge in [0.2, 0.25) is 0 Å². The molecule has 5 heteroatoms. The zero-order valence-corrected chi connectivity index (χ0v) is 11.3. The molecule has 1 aromatic rings. The zero-order valence-electron chi connectivity index (χ0n) is 11.3. The zero-order chi connectivity index (χ0) is 14.1. The minimum atomic E-state index is -0.186. The minimum Gasteiger partial charge on any atom is -0.394 e. The number of nitrogens with one attached hydrogen (secondary N) is 1. The van der Waals surface area contributed by atoms with Gasteiger partial charge in [0, 0.05) is 6.54 Å². The Kier molecular flexibility index (Phi) is 3.61. The van der Waals surface area contributed by atoms with Crippen molar-refractivity contribution in [2.75, 3.05) is 13.2 Å². The van der Waals surface area contributed by atoms with Crippen LogP contribution in [-0.4, -0.2) is 35.2 Å². The third-order valence-electron chi connectivity index (χ3n) is 4.36. The molecule has 0 spiro atoms. The molecule has 2 unspecified atom stereocenters. The van der Waals surface area contributed by atoms with E-state index < -0.39 is 0 Å². The van der Waals surface area contributed by atoms with Crippen LogP contribution in [0.25, 0.3) is 0 Å². The van der Waals surface area contributed by atoms with Gasteiger partial charge in [0.15, 0.2) is 0 Å². The smallest absolute Gasteiger partial charge is 0.318 e. The van der Waals surface area contributed by atoms with E-state index in [9.17, 15) is 14.3 Å². The number of hydrogen-bond acceptors (Lipinski definition) is 2. The molecule has 0 radical (unpaired) electrons. The lowest BCUT2D eigenvalue weighted by Crippen LogP contribution is -2.45. The van der Waals surface area contributed by atoms with Crippen LogP contribution in [-0.2, 0) is 6.42 Å². The van der Waals surface area contributed by atoms with Crippen LogP contribution in [0.3, 0.4) is 0 Å². The molecule has 0 saturated carbocycles. The molecule has 1 heterocycles. The lowest BCUT2D eigenvalue weighted by molar-refractivity contribution is 0.154. The van der Waals surface area contributed by atoms with Gasteiger partial charge < -0.3 is 15.3 Å². The lowest BCUT2D eigenvalue weighted by Gasteiger charge is -2.25. The fourth-order valence-corrected chi connectivity index (χ4v) is 3.28. The summed E-state index contributed by atoms with van der Waals surface area (Å²) in [6.07, 6.45) is 3.17. The van der Waals surface area contributed by atoms with E-state index in [4.69, 9.17) is 0 Å². The first-order valence-electron chi connectivity index (χ1n) is 7.16. The second-order valence-corrected chi connectivity index (χ2v) is 5.52. The Balaban J connectivity index is 1.71. The quantitative estimate of drug-likeness (QED) is 0.869. The van der Waals surface area contributed by atoms with E-state index in [2.05, 4.69) is 5.32 Å². The Labute approximate surface area is 117 Å². The summed E-state index contributed by atoms with van der Waals surface area (Å²) in [6, 6.07) is 4.68. The summed E-state index contributed by atoms with van der Waals surface area (Å²) in [7, 11) is 0. The van der Waals surface area contributed by atoms with Crippen LogP contribution in [0.5, 0.6) is 0 Å². The highest BCUT2D eigenvalue weighted by molar-refractivity contribution is 5.75. The highest BCUT2D eigenvalue weighted by Crippen LogP contribution is 2.33. The topological polar surface area (TPSA) is 52.6 Å². The maximum atomic E-state index is 13.7. The van der Waals surface area contributed by atoms with Crippen molar-refractivity contribution in [3.05, 3.63) is 35.1 Å². The highest BCUT2D eigenvalue weighted by Gasteiger charge is 2.32. The van der Waals surface area contributed by atoms with Gasteiger partial charge in [0.05, 0.1) is 18.7 Å². The second kappa shape index (κ2) is 5.40. The van der Waals surface area contributed by atoms with E-state index in [1.165, 1.54) is 6.07 Å². The number of aliphatic hydroxyl groups is 1. The molecule has 3 rings (SSSR count). The van der Waals surface area contributed by atoms with Crippen LogP contribution < -0.4 is 5.32 Å². The van der Waals surface area contributed by atoms with Gasteiger partial charge in [-0.2, -0.15) is 0 Å². The van der Waals surface area contributed by atoms with Gasteiger partial charge in [-0.3, -0.25) is 0 Å². The molecule has 0 aromatic heterocycles. The molecule has 2 aliphatic rings. The number of carbonyl (C=O) groups is 1. The van der Waals surface area contributed by atoms with Gasteiger partial charge in [-0.15, -0.1) is 0 Å². The highest BCUT2D eigenvalue weighted by atomic mass is 19.1. The number of nitrogens with zero attached hydrogens (tertiary/aromatic N) is 1. The number of urea groups is 1. The van der Waals surface area contributed by atoms with Crippen molar-refractivity contribution in [3.63, 3.8) is 0 Å². The third-order valence-corrected chi connectivity index (χ3v) is 4.36. The van der Waals surface area contributed by atoms with Crippen molar-refractivity contribution < 1.29 is 14.3 Å². The number of fused-ring (bicyclic) bond motifs is 1. The van der Waals surface area contributed by atoms with Gasteiger partial charge in [-0.05, 0) is 42.9 Å². The summed E-state index contributed by atoms with van der Waals surface area (Å²) in [4.78, 5) is 14.0. The molecule has 108 valence electrons. The van der Waals surface area contributed by atoms with Crippen molar-refractivity contribution in [3.8, 4) is 0 Å². The fourth-order valence-electron chi connectivity index (χ4n) is 3.28. The van der Waals surface area contributed by atoms with Crippen molar-refractivity contribution in [1.29, 1.82) is 0 Å². The molecule has 1 aromatic carbocycles. The van der Waals surface area contributed by atoms with E-state index in [0.29, 0.717) is 13.0 Å². The van der Waals surface area contributed by atoms with E-state index in [0.717, 1.165) is 30.4 Å². The average molecular weight is 278 g/mol. The maximum Gasteiger partial charge on any atom is 0.318 e. The summed E-state index contributed by atoms with van der Waals surface area (Å²) in [5.74, 6) is -0.186. The largest absolute Gasteiger partial charge is 0.394 e. The third kappa shape index (κ3) is 2.26. The summed E-state index contributed by atoms with van der Waals surface area (Å²) < 4.78 is 13.7. The molecule has 1 aliphatic carbocycles. The first-order valence-corrected chi connectivity index (χ1v) is 7.16. The summed E-state index contributed by atoms with van der Waals surface area (Å²) in [6.45, 7) is 0.684. The fraction of sp³-hybridized carbons (Fsp3) is 0.533.